The molecule has 2 heterocycles. The molecule has 0 radical (unpaired) electrons. The SMILES string of the molecule is CCCN(C(=O)CN1CCOC(Cn2cncn2)C1)C1=CCCCC1. The highest BCUT2D eigenvalue weighted by atomic mass is 16.5. The Balaban J connectivity index is 1.55. The quantitative estimate of drug-likeness (QED) is 0.751. The highest BCUT2D eigenvalue weighted by molar-refractivity contribution is 5.80. The molecule has 1 atom stereocenters. The number of aromatic nitrogens is 3. The van der Waals surface area contributed by atoms with Crippen molar-refractivity contribution in [3.8, 4) is 0 Å². The minimum absolute atomic E-state index is 0.0526. The molecular weight excluding hydrogens is 318 g/mol. The van der Waals surface area contributed by atoms with Crippen LogP contribution in [0.2, 0.25) is 0 Å². The lowest BCUT2D eigenvalue weighted by Crippen LogP contribution is -2.48. The Morgan fingerprint density at radius 2 is 2.36 bits per heavy atom. The van der Waals surface area contributed by atoms with Crippen molar-refractivity contribution in [2.45, 2.75) is 51.7 Å². The third-order valence-corrected chi connectivity index (χ3v) is 4.80. The van der Waals surface area contributed by atoms with E-state index >= 15 is 0 Å². The smallest absolute Gasteiger partial charge is 0.240 e. The molecule has 0 saturated carbocycles. The average molecular weight is 347 g/mol. The fourth-order valence-corrected chi connectivity index (χ4v) is 3.57. The summed E-state index contributed by atoms with van der Waals surface area (Å²) in [5.41, 5.74) is 1.23. The third kappa shape index (κ3) is 5.12. The Morgan fingerprint density at radius 3 is 3.08 bits per heavy atom. The van der Waals surface area contributed by atoms with Gasteiger partial charge in [-0.05, 0) is 32.1 Å². The fraction of sp³-hybridized carbons (Fsp3) is 0.722. The van der Waals surface area contributed by atoms with Gasteiger partial charge >= 0.3 is 0 Å². The van der Waals surface area contributed by atoms with Crippen molar-refractivity contribution in [2.24, 2.45) is 0 Å². The minimum Gasteiger partial charge on any atom is -0.374 e. The van der Waals surface area contributed by atoms with Gasteiger partial charge in [0.05, 0.1) is 25.8 Å². The van der Waals surface area contributed by atoms with Crippen LogP contribution in [0.1, 0.15) is 39.0 Å². The van der Waals surface area contributed by atoms with Gasteiger partial charge in [0, 0.05) is 25.3 Å². The van der Waals surface area contributed by atoms with Crippen LogP contribution in [0.5, 0.6) is 0 Å². The molecule has 1 saturated heterocycles. The Hall–Kier alpha value is -1.73. The number of amides is 1. The lowest BCUT2D eigenvalue weighted by molar-refractivity contribution is -0.133. The zero-order valence-corrected chi connectivity index (χ0v) is 15.1. The number of ether oxygens (including phenoxy) is 1. The Morgan fingerprint density at radius 1 is 1.44 bits per heavy atom. The van der Waals surface area contributed by atoms with Crippen LogP contribution in [0.3, 0.4) is 0 Å². The number of rotatable bonds is 7. The molecule has 1 fully saturated rings. The number of hydrogen-bond acceptors (Lipinski definition) is 5. The van der Waals surface area contributed by atoms with E-state index in [-0.39, 0.29) is 12.0 Å². The summed E-state index contributed by atoms with van der Waals surface area (Å²) in [4.78, 5) is 21.1. The summed E-state index contributed by atoms with van der Waals surface area (Å²) in [7, 11) is 0. The summed E-state index contributed by atoms with van der Waals surface area (Å²) in [6, 6.07) is 0. The maximum absolute atomic E-state index is 12.9. The summed E-state index contributed by atoms with van der Waals surface area (Å²) < 4.78 is 7.60. The molecule has 7 heteroatoms. The van der Waals surface area contributed by atoms with Gasteiger partial charge in [0.2, 0.25) is 5.91 Å². The van der Waals surface area contributed by atoms with Crippen LogP contribution in [0.25, 0.3) is 0 Å². The molecule has 0 N–H and O–H groups in total. The molecule has 138 valence electrons. The second-order valence-electron chi connectivity index (χ2n) is 6.83. The van der Waals surface area contributed by atoms with Crippen LogP contribution in [0.4, 0.5) is 0 Å². The molecule has 25 heavy (non-hydrogen) atoms. The first-order valence-electron chi connectivity index (χ1n) is 9.42. The third-order valence-electron chi connectivity index (χ3n) is 4.80. The molecule has 1 aromatic rings. The number of nitrogens with zero attached hydrogens (tertiary/aromatic N) is 5. The minimum atomic E-state index is 0.0526. The maximum Gasteiger partial charge on any atom is 0.240 e. The number of carbonyl (C=O) groups excluding carboxylic acids is 1. The van der Waals surface area contributed by atoms with Crippen molar-refractivity contribution in [1.82, 2.24) is 24.6 Å². The van der Waals surface area contributed by atoms with Crippen molar-refractivity contribution in [3.05, 3.63) is 24.4 Å². The van der Waals surface area contributed by atoms with E-state index in [9.17, 15) is 4.79 Å². The molecule has 0 spiro atoms. The van der Waals surface area contributed by atoms with Crippen molar-refractivity contribution in [2.75, 3.05) is 32.8 Å². The molecule has 7 nitrogen and oxygen atoms in total. The van der Waals surface area contributed by atoms with E-state index in [1.165, 1.54) is 24.9 Å². The first-order valence-corrected chi connectivity index (χ1v) is 9.42. The zero-order chi connectivity index (χ0) is 17.5. The van der Waals surface area contributed by atoms with Gasteiger partial charge in [-0.1, -0.05) is 13.0 Å². The summed E-state index contributed by atoms with van der Waals surface area (Å²) in [6.45, 7) is 6.30. The summed E-state index contributed by atoms with van der Waals surface area (Å²) in [5.74, 6) is 0.219. The predicted octanol–water partition coefficient (Wildman–Crippen LogP) is 1.68. The Bertz CT molecular complexity index is 572. The second kappa shape index (κ2) is 9.10. The summed E-state index contributed by atoms with van der Waals surface area (Å²) in [5, 5.41) is 4.13. The van der Waals surface area contributed by atoms with Gasteiger partial charge in [-0.2, -0.15) is 5.10 Å². The van der Waals surface area contributed by atoms with E-state index in [1.807, 2.05) is 4.90 Å². The van der Waals surface area contributed by atoms with E-state index < -0.39 is 0 Å². The maximum atomic E-state index is 12.9. The van der Waals surface area contributed by atoms with E-state index in [0.717, 1.165) is 38.9 Å². The van der Waals surface area contributed by atoms with Crippen LogP contribution in [-0.4, -0.2) is 69.4 Å². The van der Waals surface area contributed by atoms with Crippen LogP contribution in [-0.2, 0) is 16.1 Å². The monoisotopic (exact) mass is 347 g/mol. The number of allylic oxidation sites excluding steroid dienone is 2. The Kier molecular flexibility index (Phi) is 6.58. The van der Waals surface area contributed by atoms with Gasteiger partial charge in [0.1, 0.15) is 12.7 Å². The predicted molar refractivity (Wildman–Crippen MR) is 94.8 cm³/mol. The van der Waals surface area contributed by atoms with Gasteiger partial charge in [0.15, 0.2) is 0 Å². The van der Waals surface area contributed by atoms with Crippen LogP contribution < -0.4 is 0 Å². The standard InChI is InChI=1S/C18H29N5O2/c1-2-8-23(16-6-4-3-5-7-16)18(24)13-21-9-10-25-17(11-21)12-22-15-19-14-20-22/h6,14-15,17H,2-5,7-13H2,1H3. The molecule has 0 bridgehead atoms. The first-order chi connectivity index (χ1) is 12.3. The van der Waals surface area contributed by atoms with E-state index in [4.69, 9.17) is 4.74 Å². The Labute approximate surface area is 149 Å². The van der Waals surface area contributed by atoms with Gasteiger partial charge in [0.25, 0.3) is 0 Å². The van der Waals surface area contributed by atoms with Crippen molar-refractivity contribution in [3.63, 3.8) is 0 Å². The summed E-state index contributed by atoms with van der Waals surface area (Å²) in [6.07, 6.45) is 11.1. The molecule has 1 unspecified atom stereocenters. The topological polar surface area (TPSA) is 63.5 Å². The van der Waals surface area contributed by atoms with Gasteiger partial charge in [-0.3, -0.25) is 14.4 Å². The molecule has 1 amide bonds. The van der Waals surface area contributed by atoms with Gasteiger partial charge in [-0.25, -0.2) is 4.98 Å². The highest BCUT2D eigenvalue weighted by Crippen LogP contribution is 2.21. The van der Waals surface area contributed by atoms with E-state index in [2.05, 4.69) is 28.0 Å². The van der Waals surface area contributed by atoms with Crippen molar-refractivity contribution in [1.29, 1.82) is 0 Å². The number of morpholine rings is 1. The number of hydrogen-bond donors (Lipinski definition) is 0. The molecule has 1 aliphatic heterocycles. The highest BCUT2D eigenvalue weighted by Gasteiger charge is 2.26. The fourth-order valence-electron chi connectivity index (χ4n) is 3.57. The lowest BCUT2D eigenvalue weighted by atomic mass is 10.0. The van der Waals surface area contributed by atoms with Gasteiger partial charge < -0.3 is 9.64 Å². The van der Waals surface area contributed by atoms with Gasteiger partial charge in [-0.15, -0.1) is 0 Å². The molecule has 1 aromatic heterocycles. The molecular formula is C18H29N5O2. The van der Waals surface area contributed by atoms with Crippen molar-refractivity contribution >= 4 is 5.91 Å². The first kappa shape index (κ1) is 18.1. The van der Waals surface area contributed by atoms with E-state index in [0.29, 0.717) is 19.7 Å². The average Bonchev–Trinajstić information content (AvgIpc) is 3.13. The largest absolute Gasteiger partial charge is 0.374 e. The van der Waals surface area contributed by atoms with Crippen LogP contribution in [0.15, 0.2) is 24.4 Å². The van der Waals surface area contributed by atoms with Crippen LogP contribution in [0, 0.1) is 0 Å². The van der Waals surface area contributed by atoms with E-state index in [1.54, 1.807) is 11.0 Å². The molecule has 2 aliphatic rings. The molecule has 1 aliphatic carbocycles. The normalized spacial score (nSPS) is 21.8. The lowest BCUT2D eigenvalue weighted by Gasteiger charge is -2.34. The molecule has 0 aromatic carbocycles. The summed E-state index contributed by atoms with van der Waals surface area (Å²) >= 11 is 0. The van der Waals surface area contributed by atoms with Crippen LogP contribution >= 0.6 is 0 Å². The number of carbonyl (C=O) groups is 1. The van der Waals surface area contributed by atoms with Crippen molar-refractivity contribution < 1.29 is 9.53 Å². The zero-order valence-electron chi connectivity index (χ0n) is 15.1. The second-order valence-corrected chi connectivity index (χ2v) is 6.83. The molecule has 3 rings (SSSR count).